The van der Waals surface area contributed by atoms with E-state index < -0.39 is 0 Å². The molecule has 1 aromatic rings. The van der Waals surface area contributed by atoms with Crippen molar-refractivity contribution < 1.29 is 9.53 Å². The Balaban J connectivity index is 1.91. The smallest absolute Gasteiger partial charge is 0.310 e. The Hall–Kier alpha value is -1.43. The van der Waals surface area contributed by atoms with Gasteiger partial charge in [-0.3, -0.25) is 9.69 Å². The van der Waals surface area contributed by atoms with Gasteiger partial charge in [0.1, 0.15) is 12.2 Å². The van der Waals surface area contributed by atoms with Gasteiger partial charge in [-0.25, -0.2) is 0 Å². The average molecular weight is 252 g/mol. The molecule has 0 radical (unpaired) electrons. The van der Waals surface area contributed by atoms with Crippen LogP contribution in [-0.4, -0.2) is 45.3 Å². The summed E-state index contributed by atoms with van der Waals surface area (Å²) >= 11 is 0. The number of nitrogens with zero attached hydrogens (tertiary/aromatic N) is 4. The maximum atomic E-state index is 11.7. The lowest BCUT2D eigenvalue weighted by Gasteiger charge is -2.30. The summed E-state index contributed by atoms with van der Waals surface area (Å²) in [6.07, 6.45) is 3.65. The monoisotopic (exact) mass is 252 g/mol. The zero-order valence-corrected chi connectivity index (χ0v) is 11.0. The summed E-state index contributed by atoms with van der Waals surface area (Å²) in [7, 11) is 1.93. The molecule has 1 fully saturated rings. The van der Waals surface area contributed by atoms with Gasteiger partial charge in [0.15, 0.2) is 0 Å². The number of piperidine rings is 1. The van der Waals surface area contributed by atoms with E-state index in [1.807, 2.05) is 18.5 Å². The zero-order chi connectivity index (χ0) is 13.0. The second-order valence-corrected chi connectivity index (χ2v) is 4.68. The van der Waals surface area contributed by atoms with E-state index in [4.69, 9.17) is 4.74 Å². The van der Waals surface area contributed by atoms with Crippen molar-refractivity contribution in [1.29, 1.82) is 0 Å². The van der Waals surface area contributed by atoms with Gasteiger partial charge in [-0.15, -0.1) is 10.2 Å². The highest BCUT2D eigenvalue weighted by atomic mass is 16.5. The second-order valence-electron chi connectivity index (χ2n) is 4.68. The fraction of sp³-hybridized carbons (Fsp3) is 0.750. The molecule has 1 saturated heterocycles. The lowest BCUT2D eigenvalue weighted by atomic mass is 9.98. The number of carbonyl (C=O) groups is 1. The highest BCUT2D eigenvalue weighted by Crippen LogP contribution is 2.19. The number of likely N-dealkylation sites (tertiary alicyclic amines) is 1. The number of hydrogen-bond donors (Lipinski definition) is 0. The highest BCUT2D eigenvalue weighted by molar-refractivity contribution is 5.72. The molecule has 6 nitrogen and oxygen atoms in total. The maximum Gasteiger partial charge on any atom is 0.310 e. The van der Waals surface area contributed by atoms with Gasteiger partial charge in [-0.1, -0.05) is 0 Å². The first-order valence-corrected chi connectivity index (χ1v) is 6.42. The van der Waals surface area contributed by atoms with Crippen molar-refractivity contribution in [2.45, 2.75) is 26.3 Å². The Morgan fingerprint density at radius 3 is 3.11 bits per heavy atom. The molecule has 18 heavy (non-hydrogen) atoms. The summed E-state index contributed by atoms with van der Waals surface area (Å²) in [4.78, 5) is 14.0. The van der Waals surface area contributed by atoms with Gasteiger partial charge < -0.3 is 9.30 Å². The Labute approximate surface area is 107 Å². The van der Waals surface area contributed by atoms with Gasteiger partial charge in [0.25, 0.3) is 0 Å². The quantitative estimate of drug-likeness (QED) is 0.734. The Morgan fingerprint density at radius 1 is 1.61 bits per heavy atom. The molecule has 0 N–H and O–H groups in total. The van der Waals surface area contributed by atoms with Crippen molar-refractivity contribution in [2.24, 2.45) is 13.0 Å². The highest BCUT2D eigenvalue weighted by Gasteiger charge is 2.27. The largest absolute Gasteiger partial charge is 0.466 e. The Morgan fingerprint density at radius 2 is 2.44 bits per heavy atom. The molecule has 2 heterocycles. The fourth-order valence-electron chi connectivity index (χ4n) is 2.30. The first-order valence-electron chi connectivity index (χ1n) is 6.42. The Bertz CT molecular complexity index is 405. The van der Waals surface area contributed by atoms with E-state index in [0.29, 0.717) is 6.61 Å². The third-order valence-corrected chi connectivity index (χ3v) is 3.30. The minimum absolute atomic E-state index is 0.00641. The van der Waals surface area contributed by atoms with Gasteiger partial charge in [-0.05, 0) is 26.3 Å². The number of rotatable bonds is 4. The first kappa shape index (κ1) is 13.0. The van der Waals surface area contributed by atoms with Crippen LogP contribution in [0.15, 0.2) is 6.33 Å². The minimum atomic E-state index is -0.0693. The SMILES string of the molecule is CCOC(=O)[C@@H]1CCCN(Cc2nncn2C)C1. The van der Waals surface area contributed by atoms with Gasteiger partial charge in [0.2, 0.25) is 0 Å². The molecule has 0 aliphatic carbocycles. The molecule has 0 amide bonds. The van der Waals surface area contributed by atoms with Crippen LogP contribution in [0.4, 0.5) is 0 Å². The summed E-state index contributed by atoms with van der Waals surface area (Å²) in [6, 6.07) is 0. The molecule has 2 rings (SSSR count). The second kappa shape index (κ2) is 5.95. The molecule has 0 aromatic carbocycles. The van der Waals surface area contributed by atoms with Gasteiger partial charge in [0.05, 0.1) is 19.1 Å². The van der Waals surface area contributed by atoms with Gasteiger partial charge in [-0.2, -0.15) is 0 Å². The molecule has 1 atom stereocenters. The predicted molar refractivity (Wildman–Crippen MR) is 65.6 cm³/mol. The molecule has 1 aliphatic rings. The zero-order valence-electron chi connectivity index (χ0n) is 11.0. The van der Waals surface area contributed by atoms with E-state index in [1.54, 1.807) is 6.33 Å². The molecule has 0 spiro atoms. The summed E-state index contributed by atoms with van der Waals surface area (Å²) in [6.45, 7) is 4.80. The van der Waals surface area contributed by atoms with Crippen LogP contribution in [0.25, 0.3) is 0 Å². The number of hydrogen-bond acceptors (Lipinski definition) is 5. The maximum absolute atomic E-state index is 11.7. The van der Waals surface area contributed by atoms with Crippen LogP contribution in [0.5, 0.6) is 0 Å². The van der Waals surface area contributed by atoms with Crippen LogP contribution in [-0.2, 0) is 23.1 Å². The molecule has 6 heteroatoms. The number of esters is 1. The minimum Gasteiger partial charge on any atom is -0.466 e. The van der Waals surface area contributed by atoms with Crippen molar-refractivity contribution in [3.05, 3.63) is 12.2 Å². The predicted octanol–water partition coefficient (Wildman–Crippen LogP) is 0.590. The fourth-order valence-corrected chi connectivity index (χ4v) is 2.30. The van der Waals surface area contributed by atoms with Crippen molar-refractivity contribution in [2.75, 3.05) is 19.7 Å². The molecule has 0 unspecified atom stereocenters. The van der Waals surface area contributed by atoms with E-state index in [2.05, 4.69) is 15.1 Å². The normalized spacial score (nSPS) is 20.9. The van der Waals surface area contributed by atoms with Crippen molar-refractivity contribution in [1.82, 2.24) is 19.7 Å². The van der Waals surface area contributed by atoms with E-state index in [-0.39, 0.29) is 11.9 Å². The standard InChI is InChI=1S/C12H20N4O2/c1-3-18-12(17)10-5-4-6-16(7-10)8-11-14-13-9-15(11)2/h9-10H,3-8H2,1-2H3/t10-/m1/s1. The molecule has 0 bridgehead atoms. The summed E-state index contributed by atoms with van der Waals surface area (Å²) in [5.41, 5.74) is 0. The summed E-state index contributed by atoms with van der Waals surface area (Å²) in [5, 5.41) is 7.94. The third kappa shape index (κ3) is 3.07. The van der Waals surface area contributed by atoms with Gasteiger partial charge in [0, 0.05) is 13.6 Å². The van der Waals surface area contributed by atoms with Crippen LogP contribution >= 0.6 is 0 Å². The van der Waals surface area contributed by atoms with Crippen LogP contribution in [0.2, 0.25) is 0 Å². The van der Waals surface area contributed by atoms with Gasteiger partial charge >= 0.3 is 5.97 Å². The molecular weight excluding hydrogens is 232 g/mol. The van der Waals surface area contributed by atoms with E-state index in [0.717, 1.165) is 38.3 Å². The number of carbonyl (C=O) groups excluding carboxylic acids is 1. The number of aryl methyl sites for hydroxylation is 1. The van der Waals surface area contributed by atoms with Crippen LogP contribution in [0.3, 0.4) is 0 Å². The molecule has 1 aromatic heterocycles. The lowest BCUT2D eigenvalue weighted by Crippen LogP contribution is -2.39. The number of aromatic nitrogens is 3. The lowest BCUT2D eigenvalue weighted by molar-refractivity contribution is -0.150. The van der Waals surface area contributed by atoms with E-state index in [1.165, 1.54) is 0 Å². The molecule has 1 aliphatic heterocycles. The van der Waals surface area contributed by atoms with E-state index in [9.17, 15) is 4.79 Å². The molecule has 0 saturated carbocycles. The van der Waals surface area contributed by atoms with Crippen LogP contribution in [0, 0.1) is 5.92 Å². The average Bonchev–Trinajstić information content (AvgIpc) is 2.76. The third-order valence-electron chi connectivity index (χ3n) is 3.30. The van der Waals surface area contributed by atoms with Crippen LogP contribution < -0.4 is 0 Å². The van der Waals surface area contributed by atoms with Crippen molar-refractivity contribution in [3.8, 4) is 0 Å². The Kier molecular flexibility index (Phi) is 4.30. The van der Waals surface area contributed by atoms with E-state index >= 15 is 0 Å². The molecule has 100 valence electrons. The topological polar surface area (TPSA) is 60.2 Å². The summed E-state index contributed by atoms with van der Waals surface area (Å²) < 4.78 is 7.00. The number of ether oxygens (including phenoxy) is 1. The van der Waals surface area contributed by atoms with Crippen molar-refractivity contribution in [3.63, 3.8) is 0 Å². The van der Waals surface area contributed by atoms with Crippen molar-refractivity contribution >= 4 is 5.97 Å². The van der Waals surface area contributed by atoms with Crippen LogP contribution in [0.1, 0.15) is 25.6 Å². The molecular formula is C12H20N4O2. The summed E-state index contributed by atoms with van der Waals surface area (Å²) in [5.74, 6) is 0.867. The first-order chi connectivity index (χ1) is 8.70.